The fraction of sp³-hybridized carbons (Fsp3) is 0.100. The fourth-order valence-electron chi connectivity index (χ4n) is 7.37. The van der Waals surface area contributed by atoms with Crippen LogP contribution in [0.1, 0.15) is 63.7 Å². The summed E-state index contributed by atoms with van der Waals surface area (Å²) in [5, 5.41) is 14.5. The highest BCUT2D eigenvalue weighted by molar-refractivity contribution is 6.40. The molecule has 0 radical (unpaired) electrons. The van der Waals surface area contributed by atoms with Crippen LogP contribution >= 0.6 is 0 Å². The van der Waals surface area contributed by atoms with Gasteiger partial charge in [0, 0.05) is 44.4 Å². The van der Waals surface area contributed by atoms with Gasteiger partial charge in [-0.15, -0.1) is 0 Å². The van der Waals surface area contributed by atoms with Gasteiger partial charge in [-0.05, 0) is 131 Å². The summed E-state index contributed by atoms with van der Waals surface area (Å²) in [5.74, 6) is -1.53. The number of fused-ring (bicyclic) bond motifs is 2. The largest absolute Gasteiger partial charge is 0.322 e. The second kappa shape index (κ2) is 10.2. The predicted octanol–water partition coefficient (Wildman–Crippen LogP) is 8.36. The van der Waals surface area contributed by atoms with Crippen molar-refractivity contribution in [1.29, 1.82) is 0 Å². The van der Waals surface area contributed by atoms with E-state index in [9.17, 15) is 19.2 Å². The van der Waals surface area contributed by atoms with Gasteiger partial charge >= 0.3 is 0 Å². The van der Waals surface area contributed by atoms with E-state index in [0.717, 1.165) is 54.6 Å². The molecule has 0 aliphatic carbocycles. The Kier molecular flexibility index (Phi) is 6.18. The van der Waals surface area contributed by atoms with Crippen LogP contribution in [0.2, 0.25) is 0 Å². The average molecular weight is 616 g/mol. The molecule has 47 heavy (non-hydrogen) atoms. The first-order valence-electron chi connectivity index (χ1n) is 15.4. The molecular weight excluding hydrogens is 586 g/mol. The lowest BCUT2D eigenvalue weighted by molar-refractivity contribution is 0.0843. The first-order chi connectivity index (χ1) is 22.6. The number of carbonyl (C=O) groups excluding carboxylic acids is 4. The van der Waals surface area contributed by atoms with Crippen LogP contribution in [0.15, 0.2) is 84.9 Å². The molecule has 1 aliphatic rings. The molecule has 7 aromatic rings. The van der Waals surface area contributed by atoms with Gasteiger partial charge in [0.05, 0.1) is 0 Å². The van der Waals surface area contributed by atoms with Crippen LogP contribution in [0.3, 0.4) is 0 Å². The molecule has 0 spiro atoms. The molecule has 7 heteroatoms. The standard InChI is InChI=1S/C40H29N3O4/c1-19-13-20(2)16-23(15-19)41-37(44)29-9-5-25-27-7-11-31-36-32(40(47)43-39(31)46)12-8-28(34(27)36)26-6-10-30(35(29)33(25)26)38(45)42-24-17-21(3)14-22(4)18-24/h5-18H,1-4H3,(H,41,44)(H,42,45)(H,43,46,47). The van der Waals surface area contributed by atoms with E-state index in [4.69, 9.17) is 0 Å². The van der Waals surface area contributed by atoms with Gasteiger partial charge in [0.15, 0.2) is 0 Å². The number of aryl methyl sites for hydroxylation is 4. The van der Waals surface area contributed by atoms with Crippen molar-refractivity contribution >= 4 is 78.1 Å². The van der Waals surface area contributed by atoms with Gasteiger partial charge in [-0.1, -0.05) is 36.4 Å². The Labute approximate surface area is 269 Å². The number of anilines is 2. The highest BCUT2D eigenvalue weighted by atomic mass is 16.2. The molecule has 0 saturated heterocycles. The minimum Gasteiger partial charge on any atom is -0.322 e. The zero-order valence-corrected chi connectivity index (χ0v) is 26.2. The molecule has 0 unspecified atom stereocenters. The van der Waals surface area contributed by atoms with Crippen molar-refractivity contribution in [3.05, 3.63) is 129 Å². The van der Waals surface area contributed by atoms with Crippen molar-refractivity contribution in [2.45, 2.75) is 27.7 Å². The number of hydrogen-bond donors (Lipinski definition) is 3. The third kappa shape index (κ3) is 4.42. The Balaban J connectivity index is 1.42. The Hall–Kier alpha value is -6.08. The van der Waals surface area contributed by atoms with E-state index in [-0.39, 0.29) is 11.8 Å². The maximum atomic E-state index is 14.1. The maximum absolute atomic E-state index is 14.1. The van der Waals surface area contributed by atoms with Gasteiger partial charge < -0.3 is 10.6 Å². The molecule has 0 saturated carbocycles. The molecule has 7 aromatic carbocycles. The molecule has 0 atom stereocenters. The zero-order chi connectivity index (χ0) is 32.7. The van der Waals surface area contributed by atoms with Crippen molar-refractivity contribution in [1.82, 2.24) is 5.32 Å². The molecule has 7 nitrogen and oxygen atoms in total. The summed E-state index contributed by atoms with van der Waals surface area (Å²) in [7, 11) is 0. The molecule has 1 aliphatic heterocycles. The van der Waals surface area contributed by atoms with Crippen LogP contribution in [0.25, 0.3) is 43.1 Å². The molecule has 0 bridgehead atoms. The normalized spacial score (nSPS) is 12.7. The third-order valence-corrected chi connectivity index (χ3v) is 9.07. The molecule has 3 N–H and O–H groups in total. The number of nitrogens with one attached hydrogen (secondary N) is 3. The summed E-state index contributed by atoms with van der Waals surface area (Å²) in [6, 6.07) is 26.3. The van der Waals surface area contributed by atoms with Crippen LogP contribution in [0.4, 0.5) is 11.4 Å². The van der Waals surface area contributed by atoms with E-state index in [0.29, 0.717) is 44.4 Å². The zero-order valence-electron chi connectivity index (χ0n) is 26.2. The van der Waals surface area contributed by atoms with Gasteiger partial charge in [-0.2, -0.15) is 0 Å². The molecule has 8 rings (SSSR count). The van der Waals surface area contributed by atoms with Crippen LogP contribution in [0, 0.1) is 27.7 Å². The lowest BCUT2D eigenvalue weighted by atomic mass is 9.83. The lowest BCUT2D eigenvalue weighted by Crippen LogP contribution is -2.34. The number of hydrogen-bond acceptors (Lipinski definition) is 4. The summed E-state index contributed by atoms with van der Waals surface area (Å²) in [6.45, 7) is 7.91. The molecule has 0 aromatic heterocycles. The topological polar surface area (TPSA) is 104 Å². The lowest BCUT2D eigenvalue weighted by Gasteiger charge is -2.22. The quantitative estimate of drug-likeness (QED) is 0.105. The summed E-state index contributed by atoms with van der Waals surface area (Å²) in [4.78, 5) is 53.9. The molecule has 228 valence electrons. The Morgan fingerprint density at radius 1 is 0.468 bits per heavy atom. The first kappa shape index (κ1) is 28.4. The van der Waals surface area contributed by atoms with Gasteiger partial charge in [-0.25, -0.2) is 0 Å². The van der Waals surface area contributed by atoms with Gasteiger partial charge in [0.1, 0.15) is 0 Å². The highest BCUT2D eigenvalue weighted by Crippen LogP contribution is 2.44. The van der Waals surface area contributed by atoms with Crippen LogP contribution in [-0.4, -0.2) is 23.6 Å². The summed E-state index contributed by atoms with van der Waals surface area (Å²) in [6.07, 6.45) is 0. The van der Waals surface area contributed by atoms with E-state index >= 15 is 0 Å². The molecule has 4 amide bonds. The van der Waals surface area contributed by atoms with E-state index in [1.165, 1.54) is 0 Å². The van der Waals surface area contributed by atoms with Crippen molar-refractivity contribution in [3.63, 3.8) is 0 Å². The Morgan fingerprint density at radius 2 is 0.830 bits per heavy atom. The van der Waals surface area contributed by atoms with Gasteiger partial charge in [-0.3, -0.25) is 24.5 Å². The Bertz CT molecular complexity index is 2360. The summed E-state index contributed by atoms with van der Waals surface area (Å²) >= 11 is 0. The smallest absolute Gasteiger partial charge is 0.258 e. The minimum absolute atomic E-state index is 0.336. The van der Waals surface area contributed by atoms with Gasteiger partial charge in [0.25, 0.3) is 23.6 Å². The van der Waals surface area contributed by atoms with Crippen LogP contribution in [-0.2, 0) is 0 Å². The molecular formula is C40H29N3O4. The average Bonchev–Trinajstić information content (AvgIpc) is 3.01. The van der Waals surface area contributed by atoms with Crippen LogP contribution in [0.5, 0.6) is 0 Å². The fourth-order valence-corrected chi connectivity index (χ4v) is 7.37. The van der Waals surface area contributed by atoms with E-state index in [1.54, 1.807) is 24.3 Å². The second-order valence-corrected chi connectivity index (χ2v) is 12.6. The summed E-state index contributed by atoms with van der Waals surface area (Å²) in [5.41, 5.74) is 7.02. The number of carbonyl (C=O) groups is 4. The SMILES string of the molecule is Cc1cc(C)cc(NC(=O)c2ccc3c4ccc5c6c(ccc(c7ccc(C(=O)Nc8cc(C)cc(C)c8)c2c37)c64)C(=O)NC5=O)c1. The second-order valence-electron chi connectivity index (χ2n) is 12.6. The first-order valence-corrected chi connectivity index (χ1v) is 15.4. The van der Waals surface area contributed by atoms with E-state index in [1.807, 2.05) is 88.4 Å². The van der Waals surface area contributed by atoms with Crippen molar-refractivity contribution in [2.24, 2.45) is 0 Å². The number of rotatable bonds is 4. The van der Waals surface area contributed by atoms with Crippen LogP contribution < -0.4 is 16.0 Å². The number of amides is 4. The van der Waals surface area contributed by atoms with Gasteiger partial charge in [0.2, 0.25) is 0 Å². The number of benzene rings is 7. The minimum atomic E-state index is -0.432. The summed E-state index contributed by atoms with van der Waals surface area (Å²) < 4.78 is 0. The Morgan fingerprint density at radius 3 is 1.23 bits per heavy atom. The van der Waals surface area contributed by atoms with Crippen molar-refractivity contribution in [2.75, 3.05) is 10.6 Å². The maximum Gasteiger partial charge on any atom is 0.258 e. The van der Waals surface area contributed by atoms with E-state index in [2.05, 4.69) is 16.0 Å². The molecule has 1 heterocycles. The van der Waals surface area contributed by atoms with E-state index < -0.39 is 11.8 Å². The van der Waals surface area contributed by atoms with Crippen molar-refractivity contribution in [3.8, 4) is 0 Å². The van der Waals surface area contributed by atoms with Crippen molar-refractivity contribution < 1.29 is 19.2 Å². The monoisotopic (exact) mass is 615 g/mol. The number of imide groups is 1. The predicted molar refractivity (Wildman–Crippen MR) is 187 cm³/mol. The highest BCUT2D eigenvalue weighted by Gasteiger charge is 2.29. The molecule has 0 fully saturated rings. The third-order valence-electron chi connectivity index (χ3n) is 9.07.